The Kier molecular flexibility index (Phi) is 5.41. The Hall–Kier alpha value is -3.02. The highest BCUT2D eigenvalue weighted by molar-refractivity contribution is 6.42. The van der Waals surface area contributed by atoms with Gasteiger partial charge >= 0.3 is 12.1 Å². The second-order valence-corrected chi connectivity index (χ2v) is 7.68. The minimum absolute atomic E-state index is 0.206. The van der Waals surface area contributed by atoms with Crippen LogP contribution in [0, 0.1) is 0 Å². The average Bonchev–Trinajstić information content (AvgIpc) is 3.07. The number of halogens is 2. The van der Waals surface area contributed by atoms with E-state index in [2.05, 4.69) is 0 Å². The van der Waals surface area contributed by atoms with Crippen LogP contribution < -0.4 is 0 Å². The molecule has 1 aliphatic carbocycles. The summed E-state index contributed by atoms with van der Waals surface area (Å²) in [5, 5.41) is 10.6. The molecule has 4 rings (SSSR count). The van der Waals surface area contributed by atoms with E-state index in [1.807, 2.05) is 48.5 Å². The number of amides is 1. The largest absolute Gasteiger partial charge is 0.479 e. The number of carboxylic acids is 1. The number of methoxy groups -OCH3 is 1. The summed E-state index contributed by atoms with van der Waals surface area (Å²) in [7, 11) is 1.23. The second-order valence-electron chi connectivity index (χ2n) is 6.87. The fraction of sp³-hybridized carbons (Fsp3) is 0.130. The number of aliphatic carboxylic acids is 1. The van der Waals surface area contributed by atoms with E-state index >= 15 is 0 Å². The molecule has 0 saturated heterocycles. The summed E-state index contributed by atoms with van der Waals surface area (Å²) in [6, 6.07) is 17.8. The van der Waals surface area contributed by atoms with Crippen LogP contribution in [0.1, 0.15) is 28.8 Å². The first-order chi connectivity index (χ1) is 14.4. The Morgan fingerprint density at radius 3 is 2.00 bits per heavy atom. The van der Waals surface area contributed by atoms with E-state index in [9.17, 15) is 14.7 Å². The molecule has 0 aromatic heterocycles. The minimum Gasteiger partial charge on any atom is -0.479 e. The molecule has 0 radical (unpaired) electrons. The fourth-order valence-corrected chi connectivity index (χ4v) is 4.31. The van der Waals surface area contributed by atoms with Crippen LogP contribution in [0.5, 0.6) is 0 Å². The molecule has 152 valence electrons. The monoisotopic (exact) mass is 441 g/mol. The van der Waals surface area contributed by atoms with E-state index in [0.29, 0.717) is 10.6 Å². The predicted octanol–water partition coefficient (Wildman–Crippen LogP) is 5.96. The number of carbonyl (C=O) groups is 2. The molecule has 30 heavy (non-hydrogen) atoms. The highest BCUT2D eigenvalue weighted by Gasteiger charge is 2.43. The van der Waals surface area contributed by atoms with Crippen molar-refractivity contribution in [3.8, 4) is 11.1 Å². The fourth-order valence-electron chi connectivity index (χ4n) is 4.00. The van der Waals surface area contributed by atoms with Gasteiger partial charge in [-0.2, -0.15) is 0 Å². The van der Waals surface area contributed by atoms with Crippen LogP contribution in [0.3, 0.4) is 0 Å². The van der Waals surface area contributed by atoms with Crippen LogP contribution in [0.25, 0.3) is 11.1 Å². The lowest BCUT2D eigenvalue weighted by Gasteiger charge is -2.34. The van der Waals surface area contributed by atoms with E-state index in [0.717, 1.165) is 22.3 Å². The smallest absolute Gasteiger partial charge is 0.411 e. The molecule has 1 atom stereocenters. The third-order valence-corrected chi connectivity index (χ3v) is 5.98. The number of carbonyl (C=O) groups excluding carboxylic acids is 1. The summed E-state index contributed by atoms with van der Waals surface area (Å²) in [6.07, 6.45) is -0.759. The third-order valence-electron chi connectivity index (χ3n) is 5.24. The first-order valence-corrected chi connectivity index (χ1v) is 9.92. The molecule has 3 aromatic rings. The van der Waals surface area contributed by atoms with Crippen molar-refractivity contribution >= 4 is 35.3 Å². The molecular formula is C23H17Cl2NO4. The Morgan fingerprint density at radius 1 is 0.933 bits per heavy atom. The van der Waals surface area contributed by atoms with Gasteiger partial charge in [-0.3, -0.25) is 4.90 Å². The van der Waals surface area contributed by atoms with Crippen molar-refractivity contribution in [2.24, 2.45) is 0 Å². The van der Waals surface area contributed by atoms with Gasteiger partial charge < -0.3 is 9.84 Å². The molecule has 7 heteroatoms. The zero-order valence-electron chi connectivity index (χ0n) is 15.9. The lowest BCUT2D eigenvalue weighted by molar-refractivity contribution is -0.143. The zero-order chi connectivity index (χ0) is 21.4. The predicted molar refractivity (Wildman–Crippen MR) is 115 cm³/mol. The number of fused-ring (bicyclic) bond motifs is 3. The first-order valence-electron chi connectivity index (χ1n) is 9.16. The maximum atomic E-state index is 13.0. The van der Waals surface area contributed by atoms with E-state index in [-0.39, 0.29) is 5.02 Å². The molecule has 3 aromatic carbocycles. The van der Waals surface area contributed by atoms with Crippen molar-refractivity contribution in [3.63, 3.8) is 0 Å². The number of hydrogen-bond acceptors (Lipinski definition) is 3. The number of carboxylic acid groups (broad SMARTS) is 1. The van der Waals surface area contributed by atoms with Gasteiger partial charge in [0.05, 0.1) is 23.2 Å². The lowest BCUT2D eigenvalue weighted by atomic mass is 9.98. The highest BCUT2D eigenvalue weighted by atomic mass is 35.5. The number of hydrogen-bond donors (Lipinski definition) is 1. The maximum Gasteiger partial charge on any atom is 0.411 e. The molecule has 0 spiro atoms. The van der Waals surface area contributed by atoms with Gasteiger partial charge in [-0.15, -0.1) is 0 Å². The Balaban J connectivity index is 1.94. The van der Waals surface area contributed by atoms with Gasteiger partial charge in [0.1, 0.15) is 0 Å². The SMILES string of the molecule is COC(=O)N(C(C(=O)O)c1ccc(Cl)c(Cl)c1)C1c2ccccc2-c2ccccc21. The quantitative estimate of drug-likeness (QED) is 0.542. The molecule has 5 nitrogen and oxygen atoms in total. The molecule has 0 heterocycles. The summed E-state index contributed by atoms with van der Waals surface area (Å²) in [5.41, 5.74) is 3.88. The summed E-state index contributed by atoms with van der Waals surface area (Å²) in [4.78, 5) is 26.6. The number of rotatable bonds is 4. The second kappa shape index (κ2) is 8.01. The van der Waals surface area contributed by atoms with Gasteiger partial charge in [0, 0.05) is 0 Å². The van der Waals surface area contributed by atoms with Crippen LogP contribution in [-0.2, 0) is 9.53 Å². The molecule has 1 amide bonds. The molecule has 0 saturated carbocycles. The maximum absolute atomic E-state index is 13.0. The number of benzene rings is 3. The standard InChI is InChI=1S/C23H17Cl2NO4/c1-30-23(29)26(20(22(27)28)13-10-11-18(24)19(25)12-13)21-16-8-4-2-6-14(16)15-7-3-5-9-17(15)21/h2-12,20-21H,1H3,(H,27,28). The first kappa shape index (κ1) is 20.3. The Bertz CT molecular complexity index is 1100. The van der Waals surface area contributed by atoms with Crippen molar-refractivity contribution in [1.82, 2.24) is 4.90 Å². The molecular weight excluding hydrogens is 425 g/mol. The number of ether oxygens (including phenoxy) is 1. The third kappa shape index (κ3) is 3.30. The van der Waals surface area contributed by atoms with E-state index in [4.69, 9.17) is 27.9 Å². The van der Waals surface area contributed by atoms with Crippen molar-refractivity contribution in [1.29, 1.82) is 0 Å². The molecule has 0 aliphatic heterocycles. The molecule has 1 unspecified atom stereocenters. The van der Waals surface area contributed by atoms with Crippen LogP contribution in [0.15, 0.2) is 66.7 Å². The summed E-state index contributed by atoms with van der Waals surface area (Å²) in [6.45, 7) is 0. The van der Waals surface area contributed by atoms with Crippen molar-refractivity contribution in [2.75, 3.05) is 7.11 Å². The topological polar surface area (TPSA) is 66.8 Å². The van der Waals surface area contributed by atoms with Gasteiger partial charge in [-0.25, -0.2) is 9.59 Å². The van der Waals surface area contributed by atoms with E-state index in [1.54, 1.807) is 6.07 Å². The molecule has 1 aliphatic rings. The average molecular weight is 442 g/mol. The normalized spacial score (nSPS) is 13.3. The van der Waals surface area contributed by atoms with Gasteiger partial charge in [0.15, 0.2) is 6.04 Å². The molecule has 0 bridgehead atoms. The van der Waals surface area contributed by atoms with Crippen LogP contribution in [0.4, 0.5) is 4.79 Å². The van der Waals surface area contributed by atoms with Crippen molar-refractivity contribution in [3.05, 3.63) is 93.5 Å². The zero-order valence-corrected chi connectivity index (χ0v) is 17.4. The summed E-state index contributed by atoms with van der Waals surface area (Å²) in [5.74, 6) is -1.21. The van der Waals surface area contributed by atoms with Crippen molar-refractivity contribution < 1.29 is 19.4 Å². The van der Waals surface area contributed by atoms with E-state index < -0.39 is 24.1 Å². The lowest BCUT2D eigenvalue weighted by Crippen LogP contribution is -2.41. The summed E-state index contributed by atoms with van der Waals surface area (Å²) < 4.78 is 5.03. The summed E-state index contributed by atoms with van der Waals surface area (Å²) >= 11 is 12.2. The van der Waals surface area contributed by atoms with Gasteiger partial charge in [0.25, 0.3) is 0 Å². The van der Waals surface area contributed by atoms with Crippen LogP contribution in [-0.4, -0.2) is 29.2 Å². The van der Waals surface area contributed by atoms with Gasteiger partial charge in [-0.05, 0) is 39.9 Å². The van der Waals surface area contributed by atoms with Gasteiger partial charge in [0.2, 0.25) is 0 Å². The minimum atomic E-state index is -1.34. The van der Waals surface area contributed by atoms with Crippen molar-refractivity contribution in [2.45, 2.75) is 12.1 Å². The van der Waals surface area contributed by atoms with Crippen LogP contribution >= 0.6 is 23.2 Å². The highest BCUT2D eigenvalue weighted by Crippen LogP contribution is 2.49. The number of nitrogens with zero attached hydrogens (tertiary/aromatic N) is 1. The Labute approximate surface area is 183 Å². The van der Waals surface area contributed by atoms with Gasteiger partial charge in [-0.1, -0.05) is 77.8 Å². The molecule has 1 N–H and O–H groups in total. The molecule has 0 fully saturated rings. The Morgan fingerprint density at radius 2 is 1.50 bits per heavy atom. The van der Waals surface area contributed by atoms with E-state index in [1.165, 1.54) is 24.1 Å². The van der Waals surface area contributed by atoms with Crippen LogP contribution in [0.2, 0.25) is 10.0 Å².